The Kier molecular flexibility index (Phi) is 5.69. The molecule has 1 saturated heterocycles. The number of aliphatic imine (C=N–C) groups is 1. The molecule has 4 heteroatoms. The molecule has 0 spiro atoms. The van der Waals surface area contributed by atoms with E-state index in [4.69, 9.17) is 10.5 Å². The molecule has 1 fully saturated rings. The molecule has 19 heavy (non-hydrogen) atoms. The van der Waals surface area contributed by atoms with Crippen molar-refractivity contribution in [1.29, 1.82) is 0 Å². The second-order valence-corrected chi connectivity index (χ2v) is 4.85. The van der Waals surface area contributed by atoms with Crippen LogP contribution < -0.4 is 11.1 Å². The van der Waals surface area contributed by atoms with E-state index in [1.165, 1.54) is 12.0 Å². The van der Waals surface area contributed by atoms with Crippen LogP contribution in [-0.4, -0.2) is 31.8 Å². The molecule has 0 aliphatic carbocycles. The molecule has 0 radical (unpaired) electrons. The highest BCUT2D eigenvalue weighted by atomic mass is 16.5. The highest BCUT2D eigenvalue weighted by molar-refractivity contribution is 5.77. The Morgan fingerprint density at radius 2 is 2.21 bits per heavy atom. The van der Waals surface area contributed by atoms with Crippen LogP contribution in [0.25, 0.3) is 0 Å². The summed E-state index contributed by atoms with van der Waals surface area (Å²) in [5.74, 6) is 0.536. The molecule has 4 nitrogen and oxygen atoms in total. The smallest absolute Gasteiger partial charge is 0.188 e. The molecule has 1 atom stereocenters. The number of ether oxygens (including phenoxy) is 1. The van der Waals surface area contributed by atoms with Gasteiger partial charge in [-0.05, 0) is 31.2 Å². The van der Waals surface area contributed by atoms with E-state index in [-0.39, 0.29) is 0 Å². The van der Waals surface area contributed by atoms with E-state index in [9.17, 15) is 0 Å². The third kappa shape index (κ3) is 5.30. The summed E-state index contributed by atoms with van der Waals surface area (Å²) in [6.07, 6.45) is 4.67. The number of nitrogens with two attached hydrogens (primary N) is 1. The average molecular weight is 261 g/mol. The van der Waals surface area contributed by atoms with Crippen LogP contribution in [0.3, 0.4) is 0 Å². The number of hydrogen-bond donors (Lipinski definition) is 2. The number of nitrogens with zero attached hydrogens (tertiary/aromatic N) is 1. The first kappa shape index (κ1) is 13.9. The molecule has 1 aromatic rings. The predicted octanol–water partition coefficient (Wildman–Crippen LogP) is 1.70. The lowest BCUT2D eigenvalue weighted by molar-refractivity contribution is 0.106. The Labute approximate surface area is 115 Å². The van der Waals surface area contributed by atoms with Gasteiger partial charge in [0, 0.05) is 19.7 Å². The summed E-state index contributed by atoms with van der Waals surface area (Å²) >= 11 is 0. The van der Waals surface area contributed by atoms with Crippen molar-refractivity contribution >= 4 is 5.96 Å². The molecule has 1 heterocycles. The summed E-state index contributed by atoms with van der Waals surface area (Å²) in [5.41, 5.74) is 7.13. The van der Waals surface area contributed by atoms with Crippen LogP contribution in [0, 0.1) is 0 Å². The average Bonchev–Trinajstić information content (AvgIpc) is 2.93. The third-order valence-corrected chi connectivity index (χ3v) is 3.32. The third-order valence-electron chi connectivity index (χ3n) is 3.32. The zero-order valence-corrected chi connectivity index (χ0v) is 11.3. The fourth-order valence-electron chi connectivity index (χ4n) is 2.24. The molecule has 1 unspecified atom stereocenters. The fraction of sp³-hybridized carbons (Fsp3) is 0.533. The van der Waals surface area contributed by atoms with Crippen LogP contribution in [0.15, 0.2) is 35.3 Å². The minimum absolute atomic E-state index is 0.390. The Morgan fingerprint density at radius 3 is 2.95 bits per heavy atom. The number of hydrogen-bond acceptors (Lipinski definition) is 2. The second-order valence-electron chi connectivity index (χ2n) is 4.85. The summed E-state index contributed by atoms with van der Waals surface area (Å²) in [6, 6.07) is 10.4. The SMILES string of the molecule is NC(=NCCC1CCCO1)NCCc1ccccc1. The van der Waals surface area contributed by atoms with Crippen molar-refractivity contribution in [3.05, 3.63) is 35.9 Å². The molecule has 104 valence electrons. The quantitative estimate of drug-likeness (QED) is 0.605. The standard InChI is InChI=1S/C15H23N3O/c16-15(18-11-9-14-7-4-12-19-14)17-10-8-13-5-2-1-3-6-13/h1-3,5-6,14H,4,7-12H2,(H3,16,17,18). The Balaban J connectivity index is 1.59. The monoisotopic (exact) mass is 261 g/mol. The van der Waals surface area contributed by atoms with Gasteiger partial charge in [0.15, 0.2) is 5.96 Å². The van der Waals surface area contributed by atoms with Crippen LogP contribution in [0.1, 0.15) is 24.8 Å². The van der Waals surface area contributed by atoms with Gasteiger partial charge < -0.3 is 15.8 Å². The number of benzene rings is 1. The lowest BCUT2D eigenvalue weighted by Crippen LogP contribution is -2.33. The van der Waals surface area contributed by atoms with Gasteiger partial charge in [-0.2, -0.15) is 0 Å². The molecule has 3 N–H and O–H groups in total. The van der Waals surface area contributed by atoms with Crippen LogP contribution in [0.5, 0.6) is 0 Å². The van der Waals surface area contributed by atoms with Crippen LogP contribution in [-0.2, 0) is 11.2 Å². The van der Waals surface area contributed by atoms with Gasteiger partial charge in [0.1, 0.15) is 0 Å². The molecule has 0 bridgehead atoms. The Hall–Kier alpha value is -1.55. The normalized spacial score (nSPS) is 19.6. The van der Waals surface area contributed by atoms with E-state index in [1.54, 1.807) is 0 Å². The van der Waals surface area contributed by atoms with Gasteiger partial charge in [-0.15, -0.1) is 0 Å². The lowest BCUT2D eigenvalue weighted by atomic mass is 10.1. The van der Waals surface area contributed by atoms with Crippen molar-refractivity contribution < 1.29 is 4.74 Å². The van der Waals surface area contributed by atoms with Gasteiger partial charge in [0.25, 0.3) is 0 Å². The molecule has 0 aromatic heterocycles. The van der Waals surface area contributed by atoms with Gasteiger partial charge >= 0.3 is 0 Å². The highest BCUT2D eigenvalue weighted by Gasteiger charge is 2.14. The maximum absolute atomic E-state index is 5.82. The molecular weight excluding hydrogens is 238 g/mol. The summed E-state index contributed by atoms with van der Waals surface area (Å²) in [7, 11) is 0. The van der Waals surface area contributed by atoms with Crippen molar-refractivity contribution in [3.63, 3.8) is 0 Å². The number of rotatable bonds is 6. The van der Waals surface area contributed by atoms with Crippen molar-refractivity contribution in [2.75, 3.05) is 19.7 Å². The van der Waals surface area contributed by atoms with Crippen LogP contribution >= 0.6 is 0 Å². The molecule has 2 rings (SSSR count). The topological polar surface area (TPSA) is 59.6 Å². The van der Waals surface area contributed by atoms with Gasteiger partial charge in [0.05, 0.1) is 6.10 Å². The van der Waals surface area contributed by atoms with Gasteiger partial charge in [-0.25, -0.2) is 0 Å². The zero-order chi connectivity index (χ0) is 13.3. The minimum atomic E-state index is 0.390. The van der Waals surface area contributed by atoms with E-state index in [0.717, 1.165) is 39.0 Å². The highest BCUT2D eigenvalue weighted by Crippen LogP contribution is 2.14. The zero-order valence-electron chi connectivity index (χ0n) is 11.3. The lowest BCUT2D eigenvalue weighted by Gasteiger charge is -2.08. The fourth-order valence-corrected chi connectivity index (χ4v) is 2.24. The molecule has 0 saturated carbocycles. The Morgan fingerprint density at radius 1 is 1.37 bits per heavy atom. The second kappa shape index (κ2) is 7.79. The molecule has 1 aromatic carbocycles. The van der Waals surface area contributed by atoms with Crippen molar-refractivity contribution in [1.82, 2.24) is 5.32 Å². The van der Waals surface area contributed by atoms with Crippen LogP contribution in [0.4, 0.5) is 0 Å². The first-order chi connectivity index (χ1) is 9.34. The molecule has 1 aliphatic rings. The first-order valence-corrected chi connectivity index (χ1v) is 7.04. The Bertz CT molecular complexity index is 386. The first-order valence-electron chi connectivity index (χ1n) is 7.04. The maximum Gasteiger partial charge on any atom is 0.188 e. The van der Waals surface area contributed by atoms with Crippen LogP contribution in [0.2, 0.25) is 0 Å². The number of nitrogens with one attached hydrogen (secondary N) is 1. The van der Waals surface area contributed by atoms with E-state index >= 15 is 0 Å². The summed E-state index contributed by atoms with van der Waals surface area (Å²) in [4.78, 5) is 4.32. The summed E-state index contributed by atoms with van der Waals surface area (Å²) < 4.78 is 5.54. The van der Waals surface area contributed by atoms with E-state index < -0.39 is 0 Å². The molecular formula is C15H23N3O. The summed E-state index contributed by atoms with van der Waals surface area (Å²) in [5, 5.41) is 3.14. The van der Waals surface area contributed by atoms with Crippen molar-refractivity contribution in [3.8, 4) is 0 Å². The molecule has 0 amide bonds. The van der Waals surface area contributed by atoms with Crippen molar-refractivity contribution in [2.45, 2.75) is 31.8 Å². The van der Waals surface area contributed by atoms with E-state index in [0.29, 0.717) is 12.1 Å². The van der Waals surface area contributed by atoms with Crippen molar-refractivity contribution in [2.24, 2.45) is 10.7 Å². The van der Waals surface area contributed by atoms with Gasteiger partial charge in [-0.3, -0.25) is 4.99 Å². The van der Waals surface area contributed by atoms with E-state index in [2.05, 4.69) is 22.4 Å². The maximum atomic E-state index is 5.82. The summed E-state index contributed by atoms with van der Waals surface area (Å²) in [6.45, 7) is 2.47. The minimum Gasteiger partial charge on any atom is -0.378 e. The predicted molar refractivity (Wildman–Crippen MR) is 78.2 cm³/mol. The van der Waals surface area contributed by atoms with Gasteiger partial charge in [0.2, 0.25) is 0 Å². The van der Waals surface area contributed by atoms with Gasteiger partial charge in [-0.1, -0.05) is 30.3 Å². The molecule has 1 aliphatic heterocycles. The number of guanidine groups is 1. The van der Waals surface area contributed by atoms with E-state index in [1.807, 2.05) is 18.2 Å². The largest absolute Gasteiger partial charge is 0.378 e.